The van der Waals surface area contributed by atoms with E-state index in [1.54, 1.807) is 23.0 Å². The van der Waals surface area contributed by atoms with Crippen LogP contribution in [0.5, 0.6) is 5.75 Å². The molecule has 0 aliphatic rings. The molecule has 0 spiro atoms. The van der Waals surface area contributed by atoms with Crippen molar-refractivity contribution in [2.75, 3.05) is 0 Å². The molecule has 0 bridgehead atoms. The average Bonchev–Trinajstić information content (AvgIpc) is 3.01. The van der Waals surface area contributed by atoms with E-state index in [2.05, 4.69) is 49.4 Å². The molecule has 0 fully saturated rings. The zero-order valence-corrected chi connectivity index (χ0v) is 20.9. The summed E-state index contributed by atoms with van der Waals surface area (Å²) in [6.45, 7) is 7.62. The van der Waals surface area contributed by atoms with Crippen LogP contribution in [0, 0.1) is 13.8 Å². The fraction of sp³-hybridized carbons (Fsp3) is 0.350. The van der Waals surface area contributed by atoms with E-state index in [-0.39, 0.29) is 5.75 Å². The number of benzene rings is 1. The van der Waals surface area contributed by atoms with Crippen molar-refractivity contribution in [2.45, 2.75) is 45.5 Å². The van der Waals surface area contributed by atoms with E-state index in [4.69, 9.17) is 4.98 Å². The molecule has 0 amide bonds. The number of nitrogens with zero attached hydrogens (tertiary/aromatic N) is 2. The quantitative estimate of drug-likeness (QED) is 0.190. The number of aryl methyl sites for hydroxylation is 2. The standard InChI is InChI=1S/C20H20F3IN2O3S2/c1-11(2)17-10-26(30-24)18-6-5-14(25-19(17)18)9-16-12(3)7-15(8-13(16)4)29-31(27,28)20(21,22)23/h5-8,10-11H,9H2,1-4H3. The first-order chi connectivity index (χ1) is 14.3. The molecule has 1 aromatic carbocycles. The van der Waals surface area contributed by atoms with Crippen molar-refractivity contribution in [2.24, 2.45) is 0 Å². The van der Waals surface area contributed by atoms with Crippen LogP contribution in [0.4, 0.5) is 13.2 Å². The van der Waals surface area contributed by atoms with E-state index >= 15 is 0 Å². The summed E-state index contributed by atoms with van der Waals surface area (Å²) in [5, 5.41) is 0. The van der Waals surface area contributed by atoms with Crippen molar-refractivity contribution in [3.8, 4) is 5.75 Å². The highest BCUT2D eigenvalue weighted by Crippen LogP contribution is 2.33. The van der Waals surface area contributed by atoms with Crippen LogP contribution < -0.4 is 4.18 Å². The van der Waals surface area contributed by atoms with Crippen molar-refractivity contribution in [1.82, 2.24) is 8.96 Å². The Kier molecular flexibility index (Phi) is 6.87. The molecule has 0 saturated carbocycles. The van der Waals surface area contributed by atoms with Gasteiger partial charge in [0.2, 0.25) is 0 Å². The van der Waals surface area contributed by atoms with E-state index in [0.29, 0.717) is 23.5 Å². The maximum Gasteiger partial charge on any atom is 0.534 e. The fourth-order valence-electron chi connectivity index (χ4n) is 3.35. The first-order valence-electron chi connectivity index (χ1n) is 9.25. The zero-order chi connectivity index (χ0) is 23.1. The summed E-state index contributed by atoms with van der Waals surface area (Å²) in [6.07, 6.45) is 2.53. The number of rotatable bonds is 6. The van der Waals surface area contributed by atoms with Crippen molar-refractivity contribution < 1.29 is 25.8 Å². The summed E-state index contributed by atoms with van der Waals surface area (Å²) in [5.74, 6) is -0.0664. The Hall–Kier alpha value is -1.47. The summed E-state index contributed by atoms with van der Waals surface area (Å²) in [6, 6.07) is 6.53. The Morgan fingerprint density at radius 3 is 2.32 bits per heavy atom. The van der Waals surface area contributed by atoms with Crippen LogP contribution in [0.25, 0.3) is 11.0 Å². The lowest BCUT2D eigenvalue weighted by Crippen LogP contribution is -2.28. The van der Waals surface area contributed by atoms with E-state index in [9.17, 15) is 21.6 Å². The second-order valence-corrected chi connectivity index (χ2v) is 10.8. The van der Waals surface area contributed by atoms with E-state index < -0.39 is 15.6 Å². The van der Waals surface area contributed by atoms with Gasteiger partial charge in [-0.15, -0.1) is 0 Å². The summed E-state index contributed by atoms with van der Waals surface area (Å²) < 4.78 is 66.7. The highest BCUT2D eigenvalue weighted by Gasteiger charge is 2.48. The Bertz CT molecular complexity index is 1220. The fourth-order valence-corrected chi connectivity index (χ4v) is 5.15. The molecule has 3 aromatic rings. The Morgan fingerprint density at radius 2 is 1.81 bits per heavy atom. The summed E-state index contributed by atoms with van der Waals surface area (Å²) in [4.78, 5) is 4.84. The first kappa shape index (κ1) is 24.2. The highest BCUT2D eigenvalue weighted by atomic mass is 127. The number of aromatic nitrogens is 2. The Morgan fingerprint density at radius 1 is 1.19 bits per heavy atom. The van der Waals surface area contributed by atoms with Crippen molar-refractivity contribution in [1.29, 1.82) is 0 Å². The lowest BCUT2D eigenvalue weighted by molar-refractivity contribution is -0.0500. The SMILES string of the molecule is Cc1cc(OS(=O)(=O)C(F)(F)F)cc(C)c1Cc1ccc2c(n1)c(C(C)C)cn2SI. The monoisotopic (exact) mass is 584 g/mol. The van der Waals surface area contributed by atoms with Gasteiger partial charge in [0, 0.05) is 48.6 Å². The second-order valence-electron chi connectivity index (χ2n) is 7.50. The van der Waals surface area contributed by atoms with Gasteiger partial charge in [0.1, 0.15) is 5.75 Å². The third-order valence-electron chi connectivity index (χ3n) is 4.91. The molecule has 31 heavy (non-hydrogen) atoms. The van der Waals surface area contributed by atoms with Crippen LogP contribution in [-0.2, 0) is 16.5 Å². The van der Waals surface area contributed by atoms with Gasteiger partial charge in [0.05, 0.1) is 11.0 Å². The summed E-state index contributed by atoms with van der Waals surface area (Å²) in [5.41, 5.74) is 0.511. The molecule has 5 nitrogen and oxygen atoms in total. The minimum Gasteiger partial charge on any atom is -0.376 e. The molecule has 0 radical (unpaired) electrons. The number of fused-ring (bicyclic) bond motifs is 1. The van der Waals surface area contributed by atoms with Crippen molar-refractivity contribution >= 4 is 51.5 Å². The second kappa shape index (κ2) is 8.81. The van der Waals surface area contributed by atoms with Crippen LogP contribution in [0.15, 0.2) is 30.5 Å². The molecule has 11 heteroatoms. The topological polar surface area (TPSA) is 61.2 Å². The molecule has 0 atom stereocenters. The minimum atomic E-state index is -5.71. The molecular weight excluding hydrogens is 564 g/mol. The number of halogens is 4. The lowest BCUT2D eigenvalue weighted by atomic mass is 9.97. The average molecular weight is 584 g/mol. The maximum absolute atomic E-state index is 12.6. The van der Waals surface area contributed by atoms with Gasteiger partial charge in [-0.2, -0.15) is 21.6 Å². The third-order valence-corrected chi connectivity index (χ3v) is 7.61. The molecule has 0 N–H and O–H groups in total. The molecule has 168 valence electrons. The van der Waals surface area contributed by atoms with Gasteiger partial charge in [-0.1, -0.05) is 13.8 Å². The van der Waals surface area contributed by atoms with E-state index in [1.807, 2.05) is 12.1 Å². The van der Waals surface area contributed by atoms with Crippen molar-refractivity contribution in [3.05, 3.63) is 58.4 Å². The molecule has 2 aromatic heterocycles. The minimum absolute atomic E-state index is 0.297. The maximum atomic E-state index is 12.6. The number of alkyl halides is 3. The summed E-state index contributed by atoms with van der Waals surface area (Å²) in [7, 11) is -4.15. The van der Waals surface area contributed by atoms with Gasteiger partial charge in [0.25, 0.3) is 0 Å². The van der Waals surface area contributed by atoms with Crippen LogP contribution in [0.1, 0.15) is 47.7 Å². The first-order valence-corrected chi connectivity index (χ1v) is 14.0. The number of hydrogen-bond donors (Lipinski definition) is 0. The Labute approximate surface area is 195 Å². The smallest absolute Gasteiger partial charge is 0.376 e. The van der Waals surface area contributed by atoms with Gasteiger partial charge >= 0.3 is 15.6 Å². The van der Waals surface area contributed by atoms with Crippen LogP contribution in [0.3, 0.4) is 0 Å². The summed E-state index contributed by atoms with van der Waals surface area (Å²) >= 11 is 2.22. The molecule has 2 heterocycles. The third kappa shape index (κ3) is 4.98. The van der Waals surface area contributed by atoms with Crippen molar-refractivity contribution in [3.63, 3.8) is 0 Å². The Balaban J connectivity index is 1.96. The van der Waals surface area contributed by atoms with Crippen LogP contribution in [-0.4, -0.2) is 22.9 Å². The van der Waals surface area contributed by atoms with E-state index in [1.165, 1.54) is 12.1 Å². The molecular formula is C20H20F3IN2O3S2. The highest BCUT2D eigenvalue weighted by molar-refractivity contribution is 14.2. The normalized spacial score (nSPS) is 12.7. The van der Waals surface area contributed by atoms with Gasteiger partial charge in [0.15, 0.2) is 0 Å². The largest absolute Gasteiger partial charge is 0.534 e. The van der Waals surface area contributed by atoms with Gasteiger partial charge < -0.3 is 4.18 Å². The predicted octanol–water partition coefficient (Wildman–Crippen LogP) is 6.44. The molecule has 0 saturated heterocycles. The molecule has 0 unspecified atom stereocenters. The number of hydrogen-bond acceptors (Lipinski definition) is 5. The van der Waals surface area contributed by atoms with Crippen LogP contribution in [0.2, 0.25) is 0 Å². The zero-order valence-electron chi connectivity index (χ0n) is 17.1. The van der Waals surface area contributed by atoms with Crippen LogP contribution >= 0.6 is 30.3 Å². The van der Waals surface area contributed by atoms with Gasteiger partial charge in [-0.25, -0.2) is 0 Å². The predicted molar refractivity (Wildman–Crippen MR) is 125 cm³/mol. The van der Waals surface area contributed by atoms with Gasteiger partial charge in [-0.3, -0.25) is 8.96 Å². The molecule has 0 aliphatic heterocycles. The molecule has 3 rings (SSSR count). The molecule has 0 aliphatic carbocycles. The number of pyridine rings is 1. The lowest BCUT2D eigenvalue weighted by Gasteiger charge is -2.14. The van der Waals surface area contributed by atoms with Gasteiger partial charge in [-0.05, 0) is 66.3 Å². The van der Waals surface area contributed by atoms with E-state index in [0.717, 1.165) is 27.9 Å².